The maximum absolute atomic E-state index is 12.2. The monoisotopic (exact) mass is 403 g/mol. The summed E-state index contributed by atoms with van der Waals surface area (Å²) in [5, 5.41) is 5.40. The number of carbonyl (C=O) groups is 1. The maximum Gasteiger partial charge on any atom is 0.275 e. The lowest BCUT2D eigenvalue weighted by molar-refractivity contribution is 0.102. The zero-order valence-corrected chi connectivity index (χ0v) is 16.3. The third kappa shape index (κ3) is 7.21. The van der Waals surface area contributed by atoms with Crippen molar-refractivity contribution in [3.8, 4) is 0 Å². The summed E-state index contributed by atoms with van der Waals surface area (Å²) in [5.41, 5.74) is 7.44. The van der Waals surface area contributed by atoms with Crippen LogP contribution in [-0.2, 0) is 27.7 Å². The van der Waals surface area contributed by atoms with E-state index in [0.717, 1.165) is 10.6 Å². The molecule has 6 nitrogen and oxygen atoms in total. The maximum atomic E-state index is 12.2. The largest absolute Gasteiger partial charge is 0.384 e. The smallest absolute Gasteiger partial charge is 0.275 e. The first-order valence-corrected chi connectivity index (χ1v) is 9.88. The molecular formula is C16H22ClN3O3S2. The Labute approximate surface area is 160 Å². The highest BCUT2D eigenvalue weighted by Gasteiger charge is 2.11. The number of amides is 1. The Morgan fingerprint density at radius 3 is 2.96 bits per heavy atom. The standard InChI is InChI=1S/C16H21N3O3S2.ClH/c1-22-7-8-24(21)11-12-3-2-4-13(9-12)18-16(20)14-10-23-15(19-14)5-6-17;/h2-4,9-10H,5-8,11,17H2,1H3,(H,18,20);1H. The predicted molar refractivity (Wildman–Crippen MR) is 105 cm³/mol. The molecule has 0 radical (unpaired) electrons. The molecule has 25 heavy (non-hydrogen) atoms. The van der Waals surface area contributed by atoms with E-state index in [-0.39, 0.29) is 18.3 Å². The molecule has 2 rings (SSSR count). The lowest BCUT2D eigenvalue weighted by atomic mass is 10.2. The van der Waals surface area contributed by atoms with Crippen molar-refractivity contribution in [2.45, 2.75) is 12.2 Å². The van der Waals surface area contributed by atoms with E-state index in [1.807, 2.05) is 18.2 Å². The molecule has 1 heterocycles. The van der Waals surface area contributed by atoms with Crippen LogP contribution in [0.15, 0.2) is 29.6 Å². The van der Waals surface area contributed by atoms with Crippen LogP contribution in [0.2, 0.25) is 0 Å². The van der Waals surface area contributed by atoms with E-state index in [1.165, 1.54) is 11.3 Å². The quantitative estimate of drug-likeness (QED) is 0.669. The molecule has 1 amide bonds. The number of methoxy groups -OCH3 is 1. The van der Waals surface area contributed by atoms with E-state index in [0.29, 0.717) is 42.5 Å². The van der Waals surface area contributed by atoms with E-state index in [1.54, 1.807) is 18.6 Å². The number of rotatable bonds is 9. The van der Waals surface area contributed by atoms with E-state index in [2.05, 4.69) is 10.3 Å². The number of hydrogen-bond acceptors (Lipinski definition) is 6. The molecule has 2 aromatic rings. The normalized spacial score (nSPS) is 11.6. The molecule has 1 aromatic carbocycles. The summed E-state index contributed by atoms with van der Waals surface area (Å²) < 4.78 is 16.8. The number of ether oxygens (including phenoxy) is 1. The number of aromatic nitrogens is 1. The summed E-state index contributed by atoms with van der Waals surface area (Å²) in [4.78, 5) is 16.5. The molecule has 138 valence electrons. The number of carbonyl (C=O) groups excluding carboxylic acids is 1. The second-order valence-electron chi connectivity index (χ2n) is 5.10. The highest BCUT2D eigenvalue weighted by atomic mass is 35.5. The number of benzene rings is 1. The van der Waals surface area contributed by atoms with E-state index in [4.69, 9.17) is 10.5 Å². The Bertz CT molecular complexity index is 709. The zero-order valence-electron chi connectivity index (χ0n) is 13.9. The number of nitrogens with one attached hydrogen (secondary N) is 1. The number of hydrogen-bond donors (Lipinski definition) is 2. The fraction of sp³-hybridized carbons (Fsp3) is 0.375. The van der Waals surface area contributed by atoms with Gasteiger partial charge in [0.1, 0.15) is 5.69 Å². The van der Waals surface area contributed by atoms with Crippen molar-refractivity contribution in [1.29, 1.82) is 0 Å². The van der Waals surface area contributed by atoms with Gasteiger partial charge in [-0.25, -0.2) is 4.98 Å². The summed E-state index contributed by atoms with van der Waals surface area (Å²) in [6, 6.07) is 7.35. The molecule has 3 N–H and O–H groups in total. The van der Waals surface area contributed by atoms with Gasteiger partial charge in [-0.3, -0.25) is 9.00 Å². The van der Waals surface area contributed by atoms with Crippen LogP contribution in [0.4, 0.5) is 5.69 Å². The minimum Gasteiger partial charge on any atom is -0.384 e. The van der Waals surface area contributed by atoms with Crippen molar-refractivity contribution >= 4 is 46.1 Å². The molecule has 0 fully saturated rings. The first kappa shape index (κ1) is 21.7. The van der Waals surface area contributed by atoms with Crippen LogP contribution in [0.1, 0.15) is 21.1 Å². The van der Waals surface area contributed by atoms with Gasteiger partial charge < -0.3 is 15.8 Å². The topological polar surface area (TPSA) is 94.3 Å². The average molecular weight is 404 g/mol. The lowest BCUT2D eigenvalue weighted by Crippen LogP contribution is -2.13. The first-order chi connectivity index (χ1) is 11.6. The van der Waals surface area contributed by atoms with Crippen LogP contribution in [0, 0.1) is 0 Å². The molecule has 0 spiro atoms. The molecule has 0 aliphatic rings. The molecule has 0 aliphatic carbocycles. The number of halogens is 1. The SMILES string of the molecule is COCCS(=O)Cc1cccc(NC(=O)c2csc(CCN)n2)c1.Cl. The van der Waals surface area contributed by atoms with E-state index in [9.17, 15) is 9.00 Å². The average Bonchev–Trinajstić information content (AvgIpc) is 3.02. The third-order valence-electron chi connectivity index (χ3n) is 3.17. The van der Waals surface area contributed by atoms with Crippen molar-refractivity contribution in [2.75, 3.05) is 31.3 Å². The summed E-state index contributed by atoms with van der Waals surface area (Å²) >= 11 is 1.43. The molecule has 9 heteroatoms. The third-order valence-corrected chi connectivity index (χ3v) is 5.36. The van der Waals surface area contributed by atoms with Crippen LogP contribution >= 0.6 is 23.7 Å². The molecule has 0 saturated carbocycles. The van der Waals surface area contributed by atoms with Crippen molar-refractivity contribution < 1.29 is 13.7 Å². The fourth-order valence-electron chi connectivity index (χ4n) is 2.02. The van der Waals surface area contributed by atoms with Crippen molar-refractivity contribution in [2.24, 2.45) is 5.73 Å². The summed E-state index contributed by atoms with van der Waals surface area (Å²) in [5.74, 6) is 0.674. The Kier molecular flexibility index (Phi) is 9.84. The van der Waals surface area contributed by atoms with Crippen LogP contribution in [0.3, 0.4) is 0 Å². The van der Waals surface area contributed by atoms with Crippen LogP contribution in [0.25, 0.3) is 0 Å². The van der Waals surface area contributed by atoms with E-state index >= 15 is 0 Å². The predicted octanol–water partition coefficient (Wildman–Crippen LogP) is 2.21. The van der Waals surface area contributed by atoms with Gasteiger partial charge >= 0.3 is 0 Å². The molecule has 0 aliphatic heterocycles. The van der Waals surface area contributed by atoms with Crippen LogP contribution in [-0.4, -0.2) is 41.1 Å². The molecule has 0 saturated heterocycles. The number of anilines is 1. The van der Waals surface area contributed by atoms with Gasteiger partial charge in [-0.2, -0.15) is 0 Å². The van der Waals surface area contributed by atoms with Gasteiger partial charge in [0.15, 0.2) is 0 Å². The Hall–Kier alpha value is -1.32. The summed E-state index contributed by atoms with van der Waals surface area (Å²) in [7, 11) is 0.601. The van der Waals surface area contributed by atoms with Crippen molar-refractivity contribution in [3.63, 3.8) is 0 Å². The zero-order chi connectivity index (χ0) is 17.4. The lowest BCUT2D eigenvalue weighted by Gasteiger charge is -2.07. The summed E-state index contributed by atoms with van der Waals surface area (Å²) in [6.45, 7) is 0.981. The molecule has 0 bridgehead atoms. The molecular weight excluding hydrogens is 382 g/mol. The van der Waals surface area contributed by atoms with Crippen LogP contribution < -0.4 is 11.1 Å². The Morgan fingerprint density at radius 2 is 2.24 bits per heavy atom. The molecule has 1 unspecified atom stereocenters. The highest BCUT2D eigenvalue weighted by molar-refractivity contribution is 7.84. The van der Waals surface area contributed by atoms with Gasteiger partial charge in [0, 0.05) is 46.9 Å². The fourth-order valence-corrected chi connectivity index (χ4v) is 3.86. The van der Waals surface area contributed by atoms with Gasteiger partial charge in [0.2, 0.25) is 0 Å². The molecule has 1 aromatic heterocycles. The van der Waals surface area contributed by atoms with Crippen molar-refractivity contribution in [1.82, 2.24) is 4.98 Å². The number of nitrogens with zero attached hydrogens (tertiary/aromatic N) is 1. The molecule has 1 atom stereocenters. The number of nitrogens with two attached hydrogens (primary N) is 1. The Morgan fingerprint density at radius 1 is 1.44 bits per heavy atom. The van der Waals surface area contributed by atoms with E-state index < -0.39 is 10.8 Å². The number of thiazole rings is 1. The van der Waals surface area contributed by atoms with Gasteiger partial charge in [-0.1, -0.05) is 12.1 Å². The second kappa shape index (κ2) is 11.3. The van der Waals surface area contributed by atoms with Gasteiger partial charge in [-0.05, 0) is 24.2 Å². The van der Waals surface area contributed by atoms with Gasteiger partial charge in [0.05, 0.1) is 11.6 Å². The van der Waals surface area contributed by atoms with Crippen LogP contribution in [0.5, 0.6) is 0 Å². The minimum absolute atomic E-state index is 0. The van der Waals surface area contributed by atoms with Gasteiger partial charge in [0.25, 0.3) is 5.91 Å². The van der Waals surface area contributed by atoms with Crippen molar-refractivity contribution in [3.05, 3.63) is 45.9 Å². The minimum atomic E-state index is -0.987. The second-order valence-corrected chi connectivity index (χ2v) is 7.62. The first-order valence-electron chi connectivity index (χ1n) is 7.51. The summed E-state index contributed by atoms with van der Waals surface area (Å²) in [6.07, 6.45) is 0.667. The van der Waals surface area contributed by atoms with Gasteiger partial charge in [-0.15, -0.1) is 23.7 Å². The highest BCUT2D eigenvalue weighted by Crippen LogP contribution is 2.15. The Balaban J connectivity index is 0.00000312.